The van der Waals surface area contributed by atoms with Crippen LogP contribution in [0.5, 0.6) is 0 Å². The average molecular weight is 379 g/mol. The molecule has 0 fully saturated rings. The van der Waals surface area contributed by atoms with Gasteiger partial charge in [0, 0.05) is 18.4 Å². The molecule has 0 aromatic carbocycles. The minimum atomic E-state index is -2.08. The molecule has 2 aliphatic rings. The molecule has 0 saturated heterocycles. The van der Waals surface area contributed by atoms with E-state index in [0.717, 1.165) is 5.76 Å². The molecule has 2 atom stereocenters. The minimum absolute atomic E-state index is 0.0145. The monoisotopic (exact) mass is 378 g/mol. The number of hydrogen-bond donors (Lipinski definition) is 0. The number of hydrogen-bond acceptors (Lipinski definition) is 4. The lowest BCUT2D eigenvalue weighted by molar-refractivity contribution is -0.139. The van der Waals surface area contributed by atoms with Crippen LogP contribution < -0.4 is 0 Å². The number of carbonyl (C=O) groups excluding carboxylic acids is 2. The van der Waals surface area contributed by atoms with E-state index in [1.165, 1.54) is 13.2 Å². The first-order valence-corrected chi connectivity index (χ1v) is 11.9. The standard InChI is InChI=1S/C21H34O4Si/c1-13(2)26(14(3)4,15(5)6)25-16-9-10-17-18(22)11-19(24-8)20(23)21(17,7)12-16/h9,11,13-15,17H,10,12H2,1-8H3/t17-,21-/m1/s1. The van der Waals surface area contributed by atoms with Crippen LogP contribution in [0.1, 0.15) is 61.3 Å². The molecule has 0 bridgehead atoms. The summed E-state index contributed by atoms with van der Waals surface area (Å²) in [6, 6.07) is 0. The molecule has 5 heteroatoms. The van der Waals surface area contributed by atoms with Crippen molar-refractivity contribution in [3.8, 4) is 0 Å². The van der Waals surface area contributed by atoms with Crippen LogP contribution in [-0.2, 0) is 18.8 Å². The molecule has 2 aliphatic carbocycles. The van der Waals surface area contributed by atoms with E-state index < -0.39 is 13.7 Å². The Labute approximate surface area is 159 Å². The van der Waals surface area contributed by atoms with Crippen molar-refractivity contribution in [2.75, 3.05) is 7.11 Å². The number of carbonyl (C=O) groups is 2. The molecule has 0 radical (unpaired) electrons. The van der Waals surface area contributed by atoms with Gasteiger partial charge in [0.15, 0.2) is 11.5 Å². The third-order valence-corrected chi connectivity index (χ3v) is 12.5. The second kappa shape index (κ2) is 7.33. The van der Waals surface area contributed by atoms with Gasteiger partial charge in [0.05, 0.1) is 18.3 Å². The molecule has 0 amide bonds. The summed E-state index contributed by atoms with van der Waals surface area (Å²) in [7, 11) is -0.630. The molecule has 146 valence electrons. The van der Waals surface area contributed by atoms with Crippen molar-refractivity contribution >= 4 is 19.9 Å². The topological polar surface area (TPSA) is 52.6 Å². The number of rotatable bonds is 6. The smallest absolute Gasteiger partial charge is 0.258 e. The van der Waals surface area contributed by atoms with Crippen LogP contribution >= 0.6 is 0 Å². The number of methoxy groups -OCH3 is 1. The summed E-state index contributed by atoms with van der Waals surface area (Å²) in [4.78, 5) is 25.4. The van der Waals surface area contributed by atoms with Crippen LogP contribution in [-0.4, -0.2) is 27.0 Å². The molecular formula is C21H34O4Si. The molecule has 0 N–H and O–H groups in total. The summed E-state index contributed by atoms with van der Waals surface area (Å²) >= 11 is 0. The van der Waals surface area contributed by atoms with E-state index in [-0.39, 0.29) is 23.2 Å². The molecule has 0 spiro atoms. The zero-order valence-corrected chi connectivity index (χ0v) is 18.5. The van der Waals surface area contributed by atoms with Crippen molar-refractivity contribution in [3.63, 3.8) is 0 Å². The Kier molecular flexibility index (Phi) is 5.91. The van der Waals surface area contributed by atoms with Crippen molar-refractivity contribution < 1.29 is 18.8 Å². The fourth-order valence-electron chi connectivity index (χ4n) is 5.12. The van der Waals surface area contributed by atoms with Crippen molar-refractivity contribution in [2.45, 2.75) is 77.9 Å². The van der Waals surface area contributed by atoms with E-state index in [1.54, 1.807) is 0 Å². The van der Waals surface area contributed by atoms with Crippen LogP contribution in [0.2, 0.25) is 16.6 Å². The highest BCUT2D eigenvalue weighted by molar-refractivity contribution is 6.77. The van der Waals surface area contributed by atoms with Gasteiger partial charge >= 0.3 is 0 Å². The molecule has 0 aromatic heterocycles. The fourth-order valence-corrected chi connectivity index (χ4v) is 10.4. The molecule has 4 nitrogen and oxygen atoms in total. The van der Waals surface area contributed by atoms with Crippen molar-refractivity contribution in [3.05, 3.63) is 23.7 Å². The zero-order valence-electron chi connectivity index (χ0n) is 17.5. The van der Waals surface area contributed by atoms with E-state index in [9.17, 15) is 9.59 Å². The number of ether oxygens (including phenoxy) is 1. The Morgan fingerprint density at radius 1 is 1.08 bits per heavy atom. The molecule has 0 unspecified atom stereocenters. The second-order valence-corrected chi connectivity index (χ2v) is 14.3. The SMILES string of the molecule is COC1=CC(=O)[C@H]2CC=C(O[Si](C(C)C)(C(C)C)C(C)C)C[C@@]2(C)C1=O. The molecule has 0 aliphatic heterocycles. The van der Waals surface area contributed by atoms with Crippen molar-refractivity contribution in [1.29, 1.82) is 0 Å². The van der Waals surface area contributed by atoms with E-state index >= 15 is 0 Å². The van der Waals surface area contributed by atoms with Gasteiger partial charge < -0.3 is 9.16 Å². The van der Waals surface area contributed by atoms with Gasteiger partial charge in [-0.25, -0.2) is 0 Å². The summed E-state index contributed by atoms with van der Waals surface area (Å²) in [6.45, 7) is 15.4. The normalized spacial score (nSPS) is 26.8. The predicted molar refractivity (Wildman–Crippen MR) is 106 cm³/mol. The predicted octanol–water partition coefficient (Wildman–Crippen LogP) is 5.16. The Hall–Kier alpha value is -1.36. The highest BCUT2D eigenvalue weighted by Gasteiger charge is 2.53. The maximum absolute atomic E-state index is 13.0. The minimum Gasteiger partial charge on any atom is -0.546 e. The van der Waals surface area contributed by atoms with Gasteiger partial charge in [-0.15, -0.1) is 0 Å². The van der Waals surface area contributed by atoms with Gasteiger partial charge in [-0.2, -0.15) is 0 Å². The van der Waals surface area contributed by atoms with Gasteiger partial charge in [0.25, 0.3) is 8.32 Å². The first kappa shape index (κ1) is 20.9. The lowest BCUT2D eigenvalue weighted by Gasteiger charge is -2.46. The lowest BCUT2D eigenvalue weighted by atomic mass is 9.62. The Morgan fingerprint density at radius 2 is 1.62 bits per heavy atom. The maximum Gasteiger partial charge on any atom is 0.258 e. The number of allylic oxidation sites excluding steroid dienone is 4. The fraction of sp³-hybridized carbons (Fsp3) is 0.714. The van der Waals surface area contributed by atoms with Crippen LogP contribution in [0.4, 0.5) is 0 Å². The summed E-state index contributed by atoms with van der Waals surface area (Å²) in [5.41, 5.74) is 0.623. The maximum atomic E-state index is 13.0. The van der Waals surface area contributed by atoms with Crippen molar-refractivity contribution in [2.24, 2.45) is 11.3 Å². The Bertz CT molecular complexity index is 623. The summed E-state index contributed by atoms with van der Waals surface area (Å²) < 4.78 is 12.0. The third-order valence-electron chi connectivity index (χ3n) is 6.49. The van der Waals surface area contributed by atoms with Crippen LogP contribution in [0, 0.1) is 11.3 Å². The highest BCUT2D eigenvalue weighted by Crippen LogP contribution is 2.50. The third kappa shape index (κ3) is 3.19. The molecular weight excluding hydrogens is 344 g/mol. The Morgan fingerprint density at radius 3 is 2.08 bits per heavy atom. The van der Waals surface area contributed by atoms with E-state index in [1.807, 2.05) is 6.92 Å². The second-order valence-electron chi connectivity index (χ2n) is 8.92. The lowest BCUT2D eigenvalue weighted by Crippen LogP contribution is -2.50. The molecule has 0 aromatic rings. The summed E-state index contributed by atoms with van der Waals surface area (Å²) in [6.07, 6.45) is 4.45. The van der Waals surface area contributed by atoms with E-state index in [4.69, 9.17) is 9.16 Å². The van der Waals surface area contributed by atoms with Crippen molar-refractivity contribution in [1.82, 2.24) is 0 Å². The number of ketones is 2. The summed E-state index contributed by atoms with van der Waals surface area (Å²) in [5.74, 6) is 0.665. The zero-order chi connectivity index (χ0) is 19.9. The summed E-state index contributed by atoms with van der Waals surface area (Å²) in [5, 5.41) is 0. The first-order chi connectivity index (χ1) is 12.0. The molecule has 2 rings (SSSR count). The average Bonchev–Trinajstić information content (AvgIpc) is 2.54. The number of fused-ring (bicyclic) bond motifs is 1. The van der Waals surface area contributed by atoms with E-state index in [2.05, 4.69) is 47.6 Å². The Balaban J connectivity index is 2.38. The van der Waals surface area contributed by atoms with Gasteiger partial charge in [-0.05, 0) is 29.1 Å². The van der Waals surface area contributed by atoms with Crippen LogP contribution in [0.25, 0.3) is 0 Å². The highest BCUT2D eigenvalue weighted by atomic mass is 28.4. The van der Waals surface area contributed by atoms with Gasteiger partial charge in [0.1, 0.15) is 0 Å². The first-order valence-electron chi connectivity index (χ1n) is 9.73. The largest absolute Gasteiger partial charge is 0.546 e. The molecule has 26 heavy (non-hydrogen) atoms. The van der Waals surface area contributed by atoms with Crippen LogP contribution in [0.15, 0.2) is 23.7 Å². The quantitative estimate of drug-likeness (QED) is 0.599. The van der Waals surface area contributed by atoms with Crippen LogP contribution in [0.3, 0.4) is 0 Å². The van der Waals surface area contributed by atoms with Gasteiger partial charge in [0.2, 0.25) is 5.78 Å². The molecule has 0 saturated carbocycles. The van der Waals surface area contributed by atoms with Gasteiger partial charge in [-0.3, -0.25) is 9.59 Å². The number of Topliss-reactive ketones (excluding diaryl/α,β-unsaturated/α-hetero) is 1. The molecule has 0 heterocycles. The van der Waals surface area contributed by atoms with E-state index in [0.29, 0.717) is 29.5 Å². The van der Waals surface area contributed by atoms with Gasteiger partial charge in [-0.1, -0.05) is 48.5 Å².